The van der Waals surface area contributed by atoms with Crippen molar-refractivity contribution in [2.75, 3.05) is 31.6 Å². The predicted molar refractivity (Wildman–Crippen MR) is 91.1 cm³/mol. The number of nitrogens with zero attached hydrogens (tertiary/aromatic N) is 2. The average molecular weight is 339 g/mol. The van der Waals surface area contributed by atoms with Crippen LogP contribution in [0, 0.1) is 0 Å². The highest BCUT2D eigenvalue weighted by Gasteiger charge is 2.26. The molecule has 0 aliphatic carbocycles. The summed E-state index contributed by atoms with van der Waals surface area (Å²) in [6, 6.07) is 4.98. The number of anilines is 1. The fourth-order valence-corrected chi connectivity index (χ4v) is 4.08. The topological polar surface area (TPSA) is 69.7 Å². The normalized spacial score (nSPS) is 16.0. The maximum absolute atomic E-state index is 12.5. The molecule has 1 amide bonds. The molecule has 1 N–H and O–H groups in total. The number of hydrogen-bond donors (Lipinski definition) is 1. The van der Waals surface area contributed by atoms with E-state index >= 15 is 0 Å². The van der Waals surface area contributed by atoms with Crippen LogP contribution in [0.2, 0.25) is 0 Å². The molecule has 23 heavy (non-hydrogen) atoms. The van der Waals surface area contributed by atoms with Crippen LogP contribution in [0.15, 0.2) is 23.1 Å². The second-order valence-corrected chi connectivity index (χ2v) is 7.61. The Labute approximate surface area is 138 Å². The Bertz CT molecular complexity index is 684. The lowest BCUT2D eigenvalue weighted by molar-refractivity contribution is -0.117. The van der Waals surface area contributed by atoms with Crippen molar-refractivity contribution in [2.24, 2.45) is 0 Å². The molecule has 2 rings (SSSR count). The highest BCUT2D eigenvalue weighted by atomic mass is 32.2. The first-order valence-corrected chi connectivity index (χ1v) is 9.41. The lowest BCUT2D eigenvalue weighted by atomic mass is 10.2. The van der Waals surface area contributed by atoms with E-state index in [1.807, 2.05) is 6.92 Å². The highest BCUT2D eigenvalue weighted by Crippen LogP contribution is 2.29. The van der Waals surface area contributed by atoms with Gasteiger partial charge in [-0.25, -0.2) is 13.1 Å². The summed E-state index contributed by atoms with van der Waals surface area (Å²) in [5.74, 6) is -0.0161. The number of fused-ring (bicyclic) bond motifs is 1. The molecule has 0 spiro atoms. The first-order valence-electron chi connectivity index (χ1n) is 7.93. The van der Waals surface area contributed by atoms with Crippen LogP contribution in [0.4, 0.5) is 5.69 Å². The number of hydrogen-bond acceptors (Lipinski definition) is 4. The van der Waals surface area contributed by atoms with E-state index in [2.05, 4.69) is 23.5 Å². The van der Waals surface area contributed by atoms with E-state index < -0.39 is 10.0 Å². The van der Waals surface area contributed by atoms with Crippen LogP contribution < -0.4 is 9.62 Å². The van der Waals surface area contributed by atoms with E-state index in [4.69, 9.17) is 0 Å². The summed E-state index contributed by atoms with van der Waals surface area (Å²) in [5.41, 5.74) is 1.54. The zero-order valence-electron chi connectivity index (χ0n) is 14.2. The van der Waals surface area contributed by atoms with Crippen LogP contribution in [0.3, 0.4) is 0 Å². The maximum Gasteiger partial charge on any atom is 0.240 e. The van der Waals surface area contributed by atoms with E-state index in [1.54, 1.807) is 30.1 Å². The predicted octanol–water partition coefficient (Wildman–Crippen LogP) is 1.21. The molecule has 1 unspecified atom stereocenters. The van der Waals surface area contributed by atoms with Gasteiger partial charge in [0.1, 0.15) is 0 Å². The third-order valence-electron chi connectivity index (χ3n) is 4.44. The Hall–Kier alpha value is -1.44. The maximum atomic E-state index is 12.5. The van der Waals surface area contributed by atoms with Gasteiger partial charge in [0.25, 0.3) is 0 Å². The van der Waals surface area contributed by atoms with Gasteiger partial charge >= 0.3 is 0 Å². The van der Waals surface area contributed by atoms with E-state index in [9.17, 15) is 13.2 Å². The molecule has 0 saturated carbocycles. The molecule has 7 heteroatoms. The zero-order chi connectivity index (χ0) is 17.2. The van der Waals surface area contributed by atoms with Crippen molar-refractivity contribution in [1.29, 1.82) is 0 Å². The lowest BCUT2D eigenvalue weighted by Crippen LogP contribution is -2.41. The average Bonchev–Trinajstić information content (AvgIpc) is 2.81. The molecule has 0 radical (unpaired) electrons. The molecule has 1 heterocycles. The number of benzene rings is 1. The third-order valence-corrected chi connectivity index (χ3v) is 5.86. The number of carbonyl (C=O) groups is 1. The highest BCUT2D eigenvalue weighted by molar-refractivity contribution is 7.89. The smallest absolute Gasteiger partial charge is 0.240 e. The quantitative estimate of drug-likeness (QED) is 0.811. The molecular weight excluding hydrogens is 314 g/mol. The van der Waals surface area contributed by atoms with E-state index in [1.165, 1.54) is 0 Å². The second kappa shape index (κ2) is 6.98. The summed E-state index contributed by atoms with van der Waals surface area (Å²) in [6.45, 7) is 8.25. The molecule has 128 valence electrons. The summed E-state index contributed by atoms with van der Waals surface area (Å²) in [5, 5.41) is 0. The third kappa shape index (κ3) is 3.73. The van der Waals surface area contributed by atoms with Crippen LogP contribution in [-0.4, -0.2) is 51.9 Å². The first kappa shape index (κ1) is 17.9. The largest absolute Gasteiger partial charge is 0.315 e. The van der Waals surface area contributed by atoms with Crippen molar-refractivity contribution >= 4 is 21.6 Å². The van der Waals surface area contributed by atoms with Gasteiger partial charge in [0.2, 0.25) is 15.9 Å². The molecule has 6 nitrogen and oxygen atoms in total. The van der Waals surface area contributed by atoms with Crippen LogP contribution in [0.25, 0.3) is 0 Å². The summed E-state index contributed by atoms with van der Waals surface area (Å²) in [6.07, 6.45) is 0.255. The van der Waals surface area contributed by atoms with Gasteiger partial charge in [0, 0.05) is 25.3 Å². The van der Waals surface area contributed by atoms with E-state index in [0.717, 1.165) is 24.3 Å². The Balaban J connectivity index is 2.12. The first-order chi connectivity index (χ1) is 10.8. The summed E-state index contributed by atoms with van der Waals surface area (Å²) in [4.78, 5) is 15.7. The molecular formula is C16H25N3O3S. The van der Waals surface area contributed by atoms with Crippen molar-refractivity contribution in [3.05, 3.63) is 23.8 Å². The van der Waals surface area contributed by atoms with E-state index in [-0.39, 0.29) is 23.3 Å². The van der Waals surface area contributed by atoms with Gasteiger partial charge in [-0.3, -0.25) is 9.69 Å². The zero-order valence-corrected chi connectivity index (χ0v) is 15.0. The molecule has 0 aromatic heterocycles. The Morgan fingerprint density at radius 2 is 1.96 bits per heavy atom. The molecule has 0 saturated heterocycles. The van der Waals surface area contributed by atoms with Crippen molar-refractivity contribution < 1.29 is 13.2 Å². The molecule has 1 aromatic rings. The molecule has 0 bridgehead atoms. The van der Waals surface area contributed by atoms with Crippen LogP contribution >= 0.6 is 0 Å². The van der Waals surface area contributed by atoms with Crippen molar-refractivity contribution in [2.45, 2.75) is 38.1 Å². The Morgan fingerprint density at radius 1 is 1.30 bits per heavy atom. The Morgan fingerprint density at radius 3 is 2.57 bits per heavy atom. The standard InChI is InChI=1S/C16H25N3O3S/c1-5-19(6-2)12(3)11-17-23(21,22)14-7-8-15-13(9-14)10-16(20)18(15)4/h7-9,12,17H,5-6,10-11H2,1-4H3. The fraction of sp³-hybridized carbons (Fsp3) is 0.562. The van der Waals surface area contributed by atoms with Gasteiger partial charge in [0.15, 0.2) is 0 Å². The lowest BCUT2D eigenvalue weighted by Gasteiger charge is -2.26. The van der Waals surface area contributed by atoms with Crippen LogP contribution in [-0.2, 0) is 21.2 Å². The minimum Gasteiger partial charge on any atom is -0.315 e. The van der Waals surface area contributed by atoms with Gasteiger partial charge in [0.05, 0.1) is 11.3 Å². The van der Waals surface area contributed by atoms with Gasteiger partial charge in [-0.05, 0) is 43.8 Å². The molecule has 1 atom stereocenters. The van der Waals surface area contributed by atoms with Crippen molar-refractivity contribution in [1.82, 2.24) is 9.62 Å². The summed E-state index contributed by atoms with van der Waals surface area (Å²) >= 11 is 0. The van der Waals surface area contributed by atoms with Crippen LogP contribution in [0.5, 0.6) is 0 Å². The van der Waals surface area contributed by atoms with E-state index in [0.29, 0.717) is 6.54 Å². The van der Waals surface area contributed by atoms with Gasteiger partial charge in [-0.15, -0.1) is 0 Å². The number of amides is 1. The molecule has 1 aromatic carbocycles. The number of nitrogens with one attached hydrogen (secondary N) is 1. The summed E-state index contributed by atoms with van der Waals surface area (Å²) in [7, 11) is -1.87. The van der Waals surface area contributed by atoms with Gasteiger partial charge < -0.3 is 4.90 Å². The molecule has 1 aliphatic rings. The Kier molecular flexibility index (Phi) is 5.44. The second-order valence-electron chi connectivity index (χ2n) is 5.84. The van der Waals surface area contributed by atoms with Gasteiger partial charge in [-0.2, -0.15) is 0 Å². The van der Waals surface area contributed by atoms with Gasteiger partial charge in [-0.1, -0.05) is 13.8 Å². The van der Waals surface area contributed by atoms with Crippen molar-refractivity contribution in [3.8, 4) is 0 Å². The summed E-state index contributed by atoms with van der Waals surface area (Å²) < 4.78 is 27.6. The monoisotopic (exact) mass is 339 g/mol. The fourth-order valence-electron chi connectivity index (χ4n) is 2.90. The SMILES string of the molecule is CCN(CC)C(C)CNS(=O)(=O)c1ccc2c(c1)CC(=O)N2C. The number of rotatable bonds is 7. The minimum absolute atomic E-state index is 0.0161. The van der Waals surface area contributed by atoms with Crippen LogP contribution in [0.1, 0.15) is 26.3 Å². The number of sulfonamides is 1. The molecule has 1 aliphatic heterocycles. The minimum atomic E-state index is -3.57. The van der Waals surface area contributed by atoms with Crippen molar-refractivity contribution in [3.63, 3.8) is 0 Å². The number of likely N-dealkylation sites (N-methyl/N-ethyl adjacent to an activating group) is 2. The number of carbonyl (C=O) groups excluding carboxylic acids is 1. The molecule has 0 fully saturated rings.